The van der Waals surface area contributed by atoms with Crippen LogP contribution in [0, 0.1) is 27.7 Å². The van der Waals surface area contributed by atoms with Crippen LogP contribution in [0.25, 0.3) is 35.7 Å². The number of nitrogens with one attached hydrogen (secondary N) is 4. The van der Waals surface area contributed by atoms with E-state index in [4.69, 9.17) is 25.8 Å². The average molecular weight is 1320 g/mol. The SMILES string of the molecule is C=c1nc2c(c(=O)[nH]1)=Nc1cc(C)c(Cl)cc1N2CCCCCCC(=O)OC(C)(C)C.C=c1nc2c(c(=O)[nH]1)=Nc1cc(C)c(NC3CC3)cc1N2CCCCCCC(=O)OC(C)(C)C.Cc1cc2nc3c(=O)[nH]c(=O)nc-3n(CCCCCCC(=O)OC(C)C)c2cc1C. The van der Waals surface area contributed by atoms with Crippen LogP contribution in [0.15, 0.2) is 65.6 Å². The number of carbonyl (C=O) groups excluding carboxylic acids is 3. The molecule has 5 aliphatic rings. The van der Waals surface area contributed by atoms with Crippen molar-refractivity contribution >= 4 is 93.8 Å². The minimum Gasteiger partial charge on any atom is -0.463 e. The van der Waals surface area contributed by atoms with Crippen LogP contribution in [0.2, 0.25) is 5.02 Å². The minimum atomic E-state index is -0.671. The van der Waals surface area contributed by atoms with Crippen molar-refractivity contribution in [2.75, 3.05) is 28.2 Å². The third kappa shape index (κ3) is 20.1. The molecule has 10 rings (SSSR count). The number of fused-ring (bicyclic) bond motifs is 6. The fourth-order valence-electron chi connectivity index (χ4n) is 11.1. The van der Waals surface area contributed by atoms with E-state index in [0.29, 0.717) is 94.9 Å². The first kappa shape index (κ1) is 72.0. The van der Waals surface area contributed by atoms with Gasteiger partial charge in [0.15, 0.2) is 33.9 Å². The molecule has 95 heavy (non-hydrogen) atoms. The topological polar surface area (TPSA) is 294 Å². The molecule has 0 amide bonds. The summed E-state index contributed by atoms with van der Waals surface area (Å²) in [5.74, 6) is 0.878. The van der Waals surface area contributed by atoms with E-state index in [0.717, 1.165) is 128 Å². The highest BCUT2D eigenvalue weighted by Gasteiger charge is 2.28. The number of ether oxygens (including phenoxy) is 3. The molecule has 4 aliphatic heterocycles. The van der Waals surface area contributed by atoms with Crippen LogP contribution in [0.1, 0.15) is 187 Å². The quantitative estimate of drug-likeness (QED) is 0.0189. The summed E-state index contributed by atoms with van der Waals surface area (Å²) in [7, 11) is 0. The standard InChI is InChI=1S/C26H35N5O3.C23H29ClN4O3.C22H28N4O4/c1-16-14-20-21(15-19(16)29-18-11-12-18)31(24-23(30-20)25(33)28-17(2)27-24)13-9-7-6-8-10-22(32)34-26(3,4)5;1-14-12-17-18(13-16(14)24)28(21-20(27-17)22(30)26-15(2)25-21)11-9-7-6-8-10-19(29)31-23(3,4)5;1-13(2)30-18(27)9-7-5-6-8-10-26-17-12-15(4)14(3)11-16(17)23-19-20(26)24-22(29)25-21(19)28/h14-15,18,29H,2,6-13H2,1,3-5H3,(H,28,33);12-13H,2,6-11H2,1,3-5H3,(H,26,30);11-13H,5-10H2,1-4H3,(H,25,28,29). The number of esters is 3. The van der Waals surface area contributed by atoms with Crippen molar-refractivity contribution in [1.82, 2.24) is 39.5 Å². The molecule has 508 valence electrons. The smallest absolute Gasteiger partial charge is 0.349 e. The van der Waals surface area contributed by atoms with Gasteiger partial charge in [0.25, 0.3) is 16.7 Å². The second-order valence-electron chi connectivity index (χ2n) is 27.0. The number of halogens is 1. The van der Waals surface area contributed by atoms with Crippen molar-refractivity contribution in [3.63, 3.8) is 0 Å². The first-order chi connectivity index (χ1) is 44.9. The molecule has 1 saturated carbocycles. The second kappa shape index (κ2) is 31.6. The molecule has 0 atom stereocenters. The minimum absolute atomic E-state index is 0.0872. The molecule has 0 unspecified atom stereocenters. The number of nitrogens with zero attached hydrogens (tertiary/aromatic N) is 9. The predicted molar refractivity (Wildman–Crippen MR) is 372 cm³/mol. The molecule has 2 aromatic heterocycles. The lowest BCUT2D eigenvalue weighted by Crippen LogP contribution is -2.42. The molecule has 0 radical (unpaired) electrons. The van der Waals surface area contributed by atoms with E-state index in [1.165, 1.54) is 12.8 Å². The number of H-pyrrole nitrogens is 3. The zero-order valence-electron chi connectivity index (χ0n) is 57.2. The fourth-order valence-corrected chi connectivity index (χ4v) is 11.3. The third-order valence-electron chi connectivity index (χ3n) is 15.9. The van der Waals surface area contributed by atoms with E-state index in [9.17, 15) is 33.6 Å². The van der Waals surface area contributed by atoms with Gasteiger partial charge in [0.2, 0.25) is 0 Å². The van der Waals surface area contributed by atoms with E-state index in [1.54, 1.807) is 0 Å². The maximum absolute atomic E-state index is 12.6. The zero-order chi connectivity index (χ0) is 69.1. The summed E-state index contributed by atoms with van der Waals surface area (Å²) in [6.45, 7) is 32.5. The van der Waals surface area contributed by atoms with Crippen LogP contribution in [0.4, 0.5) is 40.1 Å². The molecule has 23 nitrogen and oxygen atoms in total. The molecular weight excluding hydrogens is 1230 g/mol. The van der Waals surface area contributed by atoms with Crippen molar-refractivity contribution in [1.29, 1.82) is 0 Å². The normalized spacial score (nSPS) is 13.1. The number of anilines is 5. The van der Waals surface area contributed by atoms with Gasteiger partial charge in [-0.05, 0) is 193 Å². The molecule has 6 heterocycles. The maximum Gasteiger partial charge on any atom is 0.349 e. The number of aromatic nitrogens is 8. The molecule has 1 fully saturated rings. The van der Waals surface area contributed by atoms with Gasteiger partial charge in [0, 0.05) is 55.6 Å². The summed E-state index contributed by atoms with van der Waals surface area (Å²) < 4.78 is 17.8. The van der Waals surface area contributed by atoms with Crippen LogP contribution < -0.4 is 59.2 Å². The molecule has 0 saturated heterocycles. The van der Waals surface area contributed by atoms with Gasteiger partial charge in [-0.3, -0.25) is 33.8 Å². The fraction of sp³-hybridized carbons (Fsp3) is 0.507. The summed E-state index contributed by atoms with van der Waals surface area (Å²) in [6, 6.07) is 12.4. The Balaban J connectivity index is 0.000000183. The molecular formula is C71H92ClN13O10. The summed E-state index contributed by atoms with van der Waals surface area (Å²) in [6.07, 6.45) is 14.0. The summed E-state index contributed by atoms with van der Waals surface area (Å²) >= 11 is 6.37. The number of unbranched alkanes of at least 4 members (excludes halogenated alkanes) is 9. The molecule has 0 bridgehead atoms. The van der Waals surface area contributed by atoms with Crippen molar-refractivity contribution in [2.24, 2.45) is 9.98 Å². The molecule has 0 spiro atoms. The largest absolute Gasteiger partial charge is 0.463 e. The lowest BCUT2D eigenvalue weighted by Gasteiger charge is -2.29. The number of hydrogen-bond donors (Lipinski definition) is 4. The first-order valence-electron chi connectivity index (χ1n) is 33.1. The maximum atomic E-state index is 12.6. The van der Waals surface area contributed by atoms with Crippen LogP contribution in [0.5, 0.6) is 0 Å². The number of aryl methyl sites for hydroxylation is 5. The Labute approximate surface area is 558 Å². The van der Waals surface area contributed by atoms with Crippen LogP contribution in [-0.4, -0.2) is 93.8 Å². The number of aromatic amines is 3. The third-order valence-corrected chi connectivity index (χ3v) is 16.3. The Kier molecular flexibility index (Phi) is 23.9. The van der Waals surface area contributed by atoms with E-state index in [2.05, 4.69) is 81.2 Å². The van der Waals surface area contributed by atoms with Crippen molar-refractivity contribution in [2.45, 2.75) is 222 Å². The van der Waals surface area contributed by atoms with Crippen molar-refractivity contribution in [3.8, 4) is 11.5 Å². The van der Waals surface area contributed by atoms with Crippen LogP contribution in [0.3, 0.4) is 0 Å². The first-order valence-corrected chi connectivity index (χ1v) is 33.5. The van der Waals surface area contributed by atoms with Gasteiger partial charge in [-0.15, -0.1) is 0 Å². The average Bonchev–Trinajstić information content (AvgIpc) is 1.24. The van der Waals surface area contributed by atoms with Gasteiger partial charge in [-0.2, -0.15) is 4.98 Å². The summed E-state index contributed by atoms with van der Waals surface area (Å²) in [5.41, 5.74) is 8.21. The van der Waals surface area contributed by atoms with Gasteiger partial charge in [-0.1, -0.05) is 63.3 Å². The number of rotatable bonds is 24. The molecule has 1 aliphatic carbocycles. The van der Waals surface area contributed by atoms with E-state index < -0.39 is 22.5 Å². The highest BCUT2D eigenvalue weighted by atomic mass is 35.5. The van der Waals surface area contributed by atoms with E-state index in [1.807, 2.05) is 116 Å². The Morgan fingerprint density at radius 2 is 1.05 bits per heavy atom. The molecule has 24 heteroatoms. The van der Waals surface area contributed by atoms with Gasteiger partial charge in [0.05, 0.1) is 39.9 Å². The summed E-state index contributed by atoms with van der Waals surface area (Å²) in [4.78, 5) is 123. The molecule has 3 aromatic carbocycles. The van der Waals surface area contributed by atoms with Crippen LogP contribution >= 0.6 is 11.6 Å². The highest BCUT2D eigenvalue weighted by Crippen LogP contribution is 2.41. The Morgan fingerprint density at radius 1 is 0.579 bits per heavy atom. The number of benzene rings is 3. The molecule has 5 aromatic rings. The van der Waals surface area contributed by atoms with Crippen molar-refractivity contribution < 1.29 is 28.6 Å². The van der Waals surface area contributed by atoms with Gasteiger partial charge < -0.3 is 43.9 Å². The monoisotopic (exact) mass is 1320 g/mol. The summed E-state index contributed by atoms with van der Waals surface area (Å²) in [5, 5.41) is 4.85. The van der Waals surface area contributed by atoms with Crippen LogP contribution in [-0.2, 0) is 35.1 Å². The van der Waals surface area contributed by atoms with E-state index >= 15 is 0 Å². The number of hydrogen-bond acceptors (Lipinski definition) is 19. The lowest BCUT2D eigenvalue weighted by molar-refractivity contribution is -0.156. The predicted octanol–water partition coefficient (Wildman–Crippen LogP) is 10.7. The van der Waals surface area contributed by atoms with Gasteiger partial charge in [0.1, 0.15) is 22.2 Å². The Hall–Kier alpha value is -8.86. The van der Waals surface area contributed by atoms with Crippen molar-refractivity contribution in [3.05, 3.63) is 127 Å². The zero-order valence-corrected chi connectivity index (χ0v) is 57.9. The Bertz CT molecular complexity index is 4430. The highest BCUT2D eigenvalue weighted by molar-refractivity contribution is 6.31. The lowest BCUT2D eigenvalue weighted by atomic mass is 10.1. The second-order valence-corrected chi connectivity index (χ2v) is 27.4. The van der Waals surface area contributed by atoms with E-state index in [-0.39, 0.29) is 46.2 Å². The van der Waals surface area contributed by atoms with Gasteiger partial charge in [-0.25, -0.2) is 29.7 Å². The number of carbonyl (C=O) groups is 3. The Morgan fingerprint density at radius 3 is 1.56 bits per heavy atom. The molecule has 4 N–H and O–H groups in total. The van der Waals surface area contributed by atoms with Gasteiger partial charge >= 0.3 is 23.6 Å².